The van der Waals surface area contributed by atoms with Gasteiger partial charge in [0.2, 0.25) is 11.1 Å². The number of aromatic nitrogens is 2. The first-order valence-corrected chi connectivity index (χ1v) is 8.93. The maximum absolute atomic E-state index is 12.4. The van der Waals surface area contributed by atoms with E-state index in [0.29, 0.717) is 11.0 Å². The molecule has 1 atom stereocenters. The molecule has 1 amide bonds. The fraction of sp³-hybridized carbons (Fsp3) is 0.176. The van der Waals surface area contributed by atoms with E-state index in [1.807, 2.05) is 31.2 Å². The van der Waals surface area contributed by atoms with E-state index in [1.165, 1.54) is 0 Å². The van der Waals surface area contributed by atoms with Gasteiger partial charge >= 0.3 is 0 Å². The van der Waals surface area contributed by atoms with Crippen molar-refractivity contribution in [2.75, 3.05) is 0 Å². The second-order valence-electron chi connectivity index (χ2n) is 5.66. The van der Waals surface area contributed by atoms with Gasteiger partial charge in [-0.3, -0.25) is 4.79 Å². The Kier molecular flexibility index (Phi) is 4.11. The van der Waals surface area contributed by atoms with Gasteiger partial charge in [-0.15, -0.1) is 0 Å². The molecule has 2 aromatic carbocycles. The lowest BCUT2D eigenvalue weighted by Crippen LogP contribution is -2.34. The van der Waals surface area contributed by atoms with Crippen molar-refractivity contribution in [1.29, 1.82) is 0 Å². The number of hydrogen-bond donors (Lipinski definition) is 2. The molecule has 0 aliphatic heterocycles. The highest BCUT2D eigenvalue weighted by atomic mass is 32.2. The zero-order chi connectivity index (χ0) is 17.3. The van der Waals surface area contributed by atoms with E-state index in [-0.39, 0.29) is 5.16 Å². The summed E-state index contributed by atoms with van der Waals surface area (Å²) in [5.74, 6) is -1.19. The Bertz CT molecular complexity index is 958. The maximum Gasteiger partial charge on any atom is 0.297 e. The SMILES string of the molecule is Cc1ccc([C@H](C)C(=O)NS(=O)(=O)c2nc3ccccc3[nH]2)cc1. The summed E-state index contributed by atoms with van der Waals surface area (Å²) in [5.41, 5.74) is 2.94. The molecule has 24 heavy (non-hydrogen) atoms. The highest BCUT2D eigenvalue weighted by Gasteiger charge is 2.25. The normalized spacial score (nSPS) is 12.9. The molecule has 3 aromatic rings. The number of aryl methyl sites for hydroxylation is 1. The van der Waals surface area contributed by atoms with Gasteiger partial charge in [-0.1, -0.05) is 42.0 Å². The summed E-state index contributed by atoms with van der Waals surface area (Å²) in [6.07, 6.45) is 0. The van der Waals surface area contributed by atoms with Crippen molar-refractivity contribution in [3.05, 3.63) is 59.7 Å². The minimum absolute atomic E-state index is 0.270. The fourth-order valence-electron chi connectivity index (χ4n) is 2.33. The second kappa shape index (κ2) is 6.09. The predicted molar refractivity (Wildman–Crippen MR) is 91.0 cm³/mol. The van der Waals surface area contributed by atoms with Crippen LogP contribution in [0.25, 0.3) is 11.0 Å². The number of imidazole rings is 1. The van der Waals surface area contributed by atoms with E-state index in [2.05, 4.69) is 14.7 Å². The van der Waals surface area contributed by atoms with Crippen LogP contribution in [0, 0.1) is 6.92 Å². The third-order valence-corrected chi connectivity index (χ3v) is 5.00. The predicted octanol–water partition coefficient (Wildman–Crippen LogP) is 2.48. The van der Waals surface area contributed by atoms with Crippen LogP contribution in [0.5, 0.6) is 0 Å². The number of benzene rings is 2. The molecule has 0 saturated carbocycles. The molecule has 1 heterocycles. The largest absolute Gasteiger partial charge is 0.327 e. The number of aromatic amines is 1. The molecule has 1 aromatic heterocycles. The van der Waals surface area contributed by atoms with E-state index < -0.39 is 21.8 Å². The van der Waals surface area contributed by atoms with Gasteiger partial charge in [-0.05, 0) is 31.5 Å². The number of nitrogens with one attached hydrogen (secondary N) is 2. The van der Waals surface area contributed by atoms with E-state index in [0.717, 1.165) is 11.1 Å². The molecular weight excluding hydrogens is 326 g/mol. The van der Waals surface area contributed by atoms with Gasteiger partial charge in [0, 0.05) is 0 Å². The Balaban J connectivity index is 1.82. The summed E-state index contributed by atoms with van der Waals surface area (Å²) >= 11 is 0. The number of carbonyl (C=O) groups excluding carboxylic acids is 1. The van der Waals surface area contributed by atoms with E-state index >= 15 is 0 Å². The third kappa shape index (κ3) is 3.16. The van der Waals surface area contributed by atoms with Gasteiger partial charge < -0.3 is 4.98 Å². The van der Waals surface area contributed by atoms with Gasteiger partial charge in [-0.25, -0.2) is 9.71 Å². The molecule has 0 unspecified atom stereocenters. The summed E-state index contributed by atoms with van der Waals surface area (Å²) < 4.78 is 26.8. The maximum atomic E-state index is 12.4. The summed E-state index contributed by atoms with van der Waals surface area (Å²) in [6.45, 7) is 3.61. The zero-order valence-corrected chi connectivity index (χ0v) is 14.1. The first-order valence-electron chi connectivity index (χ1n) is 7.45. The number of sulfonamides is 1. The average Bonchev–Trinajstić information content (AvgIpc) is 2.99. The lowest BCUT2D eigenvalue weighted by Gasteiger charge is -2.12. The van der Waals surface area contributed by atoms with Gasteiger partial charge in [0.15, 0.2) is 0 Å². The molecule has 0 bridgehead atoms. The van der Waals surface area contributed by atoms with Crippen LogP contribution in [0.2, 0.25) is 0 Å². The van der Waals surface area contributed by atoms with Crippen LogP contribution in [-0.2, 0) is 14.8 Å². The number of rotatable bonds is 4. The Morgan fingerprint density at radius 3 is 2.46 bits per heavy atom. The Morgan fingerprint density at radius 2 is 1.79 bits per heavy atom. The number of carbonyl (C=O) groups is 1. The summed E-state index contributed by atoms with van der Waals surface area (Å²) in [6, 6.07) is 14.3. The third-order valence-electron chi connectivity index (χ3n) is 3.83. The van der Waals surface area contributed by atoms with Crippen molar-refractivity contribution < 1.29 is 13.2 Å². The molecule has 0 saturated heterocycles. The number of amides is 1. The van der Waals surface area contributed by atoms with E-state index in [9.17, 15) is 13.2 Å². The lowest BCUT2D eigenvalue weighted by molar-refractivity contribution is -0.120. The Hall–Kier alpha value is -2.67. The molecule has 124 valence electrons. The zero-order valence-electron chi connectivity index (χ0n) is 13.3. The topological polar surface area (TPSA) is 91.9 Å². The molecule has 6 nitrogen and oxygen atoms in total. The van der Waals surface area contributed by atoms with Crippen LogP contribution in [0.1, 0.15) is 24.0 Å². The second-order valence-corrected chi connectivity index (χ2v) is 7.26. The van der Waals surface area contributed by atoms with Crippen LogP contribution in [0.3, 0.4) is 0 Å². The van der Waals surface area contributed by atoms with Crippen molar-refractivity contribution >= 4 is 27.0 Å². The standard InChI is InChI=1S/C17H17N3O3S/c1-11-7-9-13(10-8-11)12(2)16(21)20-24(22,23)17-18-14-5-3-4-6-15(14)19-17/h3-10,12H,1-2H3,(H,18,19)(H,20,21)/t12-/m0/s1. The molecule has 0 fully saturated rings. The van der Waals surface area contributed by atoms with E-state index in [1.54, 1.807) is 31.2 Å². The first-order chi connectivity index (χ1) is 11.4. The molecule has 0 aliphatic carbocycles. The van der Waals surface area contributed by atoms with Crippen molar-refractivity contribution in [2.45, 2.75) is 24.9 Å². The molecule has 0 spiro atoms. The van der Waals surface area contributed by atoms with Crippen LogP contribution in [-0.4, -0.2) is 24.3 Å². The Labute approximate surface area is 140 Å². The van der Waals surface area contributed by atoms with Gasteiger partial charge in [0.05, 0.1) is 17.0 Å². The van der Waals surface area contributed by atoms with E-state index in [4.69, 9.17) is 0 Å². The van der Waals surface area contributed by atoms with Crippen LogP contribution < -0.4 is 4.72 Å². The highest BCUT2D eigenvalue weighted by molar-refractivity contribution is 7.89. The summed E-state index contributed by atoms with van der Waals surface area (Å²) in [5, 5.41) is -0.270. The van der Waals surface area contributed by atoms with Gasteiger partial charge in [-0.2, -0.15) is 8.42 Å². The lowest BCUT2D eigenvalue weighted by atomic mass is 10.00. The van der Waals surface area contributed by atoms with Crippen LogP contribution in [0.4, 0.5) is 0 Å². The van der Waals surface area contributed by atoms with Crippen LogP contribution >= 0.6 is 0 Å². The number of para-hydroxylation sites is 2. The minimum atomic E-state index is -4.05. The smallest absolute Gasteiger partial charge is 0.297 e. The van der Waals surface area contributed by atoms with Crippen LogP contribution in [0.15, 0.2) is 53.7 Å². The monoisotopic (exact) mass is 343 g/mol. The summed E-state index contributed by atoms with van der Waals surface area (Å²) in [4.78, 5) is 19.0. The number of hydrogen-bond acceptors (Lipinski definition) is 4. The number of nitrogens with zero attached hydrogens (tertiary/aromatic N) is 1. The first kappa shape index (κ1) is 16.2. The molecule has 3 rings (SSSR count). The average molecular weight is 343 g/mol. The molecule has 0 radical (unpaired) electrons. The number of fused-ring (bicyclic) bond motifs is 1. The van der Waals surface area contributed by atoms with Crippen molar-refractivity contribution in [2.24, 2.45) is 0 Å². The molecule has 2 N–H and O–H groups in total. The summed E-state index contributed by atoms with van der Waals surface area (Å²) in [7, 11) is -4.05. The quantitative estimate of drug-likeness (QED) is 0.761. The molecule has 0 aliphatic rings. The Morgan fingerprint density at radius 1 is 1.12 bits per heavy atom. The van der Waals surface area contributed by atoms with Crippen molar-refractivity contribution in [1.82, 2.24) is 14.7 Å². The fourth-order valence-corrected chi connectivity index (χ4v) is 3.33. The molecule has 7 heteroatoms. The van der Waals surface area contributed by atoms with Crippen molar-refractivity contribution in [3.63, 3.8) is 0 Å². The molecular formula is C17H17N3O3S. The van der Waals surface area contributed by atoms with Gasteiger partial charge in [0.25, 0.3) is 10.0 Å². The number of H-pyrrole nitrogens is 1. The minimum Gasteiger partial charge on any atom is -0.327 e. The highest BCUT2D eigenvalue weighted by Crippen LogP contribution is 2.18. The van der Waals surface area contributed by atoms with Gasteiger partial charge in [0.1, 0.15) is 0 Å². The van der Waals surface area contributed by atoms with Crippen molar-refractivity contribution in [3.8, 4) is 0 Å².